The number of nitrogens with zero attached hydrogens (tertiary/aromatic N) is 5. The van der Waals surface area contributed by atoms with Crippen molar-refractivity contribution < 1.29 is 9.21 Å². The first-order valence-electron chi connectivity index (χ1n) is 9.97. The molecule has 0 radical (unpaired) electrons. The number of amides is 1. The van der Waals surface area contributed by atoms with Crippen molar-refractivity contribution in [2.24, 2.45) is 0 Å². The Morgan fingerprint density at radius 1 is 1.03 bits per heavy atom. The van der Waals surface area contributed by atoms with E-state index in [0.29, 0.717) is 31.3 Å². The second kappa shape index (κ2) is 8.43. The molecule has 150 valence electrons. The molecule has 0 atom stereocenters. The van der Waals surface area contributed by atoms with Gasteiger partial charge in [-0.25, -0.2) is 4.98 Å². The van der Waals surface area contributed by atoms with Gasteiger partial charge in [-0.3, -0.25) is 4.79 Å². The number of pyridine rings is 1. The number of aromatic nitrogens is 3. The summed E-state index contributed by atoms with van der Waals surface area (Å²) in [7, 11) is 0. The number of carbonyl (C=O) groups is 1. The summed E-state index contributed by atoms with van der Waals surface area (Å²) in [6, 6.07) is 13.7. The molecule has 29 heavy (non-hydrogen) atoms. The van der Waals surface area contributed by atoms with Gasteiger partial charge in [0.2, 0.25) is 11.8 Å². The lowest BCUT2D eigenvalue weighted by molar-refractivity contribution is -0.130. The van der Waals surface area contributed by atoms with E-state index in [1.807, 2.05) is 61.2 Å². The molecule has 0 bridgehead atoms. The van der Waals surface area contributed by atoms with Crippen LogP contribution < -0.4 is 4.90 Å². The maximum Gasteiger partial charge on any atom is 0.251 e. The summed E-state index contributed by atoms with van der Waals surface area (Å²) >= 11 is 0. The molecule has 1 aliphatic heterocycles. The minimum Gasteiger partial charge on any atom is -0.420 e. The van der Waals surface area contributed by atoms with Gasteiger partial charge in [0.25, 0.3) is 5.89 Å². The van der Waals surface area contributed by atoms with Gasteiger partial charge in [-0.15, -0.1) is 10.2 Å². The largest absolute Gasteiger partial charge is 0.420 e. The second-order valence-corrected chi connectivity index (χ2v) is 7.50. The Kier molecular flexibility index (Phi) is 5.55. The van der Waals surface area contributed by atoms with Crippen molar-refractivity contribution in [2.45, 2.75) is 26.2 Å². The van der Waals surface area contributed by atoms with Gasteiger partial charge >= 0.3 is 0 Å². The molecule has 0 saturated carbocycles. The molecular weight excluding hydrogens is 366 g/mol. The lowest BCUT2D eigenvalue weighted by atomic mass is 10.1. The second-order valence-electron chi connectivity index (χ2n) is 7.50. The standard InChI is InChI=1S/C22H25N5O2/c1-16(2)21-24-25-22(29-21)18-9-6-10-23-20(18)27-13-11-26(12-14-27)19(28)15-17-7-4-3-5-8-17/h3-10,16H,11-15H2,1-2H3. The number of hydrogen-bond donors (Lipinski definition) is 0. The van der Waals surface area contributed by atoms with E-state index in [-0.39, 0.29) is 11.8 Å². The number of rotatable bonds is 5. The van der Waals surface area contributed by atoms with E-state index in [2.05, 4.69) is 20.1 Å². The number of anilines is 1. The molecule has 0 unspecified atom stereocenters. The molecule has 1 aliphatic rings. The fraction of sp³-hybridized carbons (Fsp3) is 0.364. The molecule has 1 saturated heterocycles. The van der Waals surface area contributed by atoms with Gasteiger partial charge in [0.05, 0.1) is 12.0 Å². The Balaban J connectivity index is 1.44. The van der Waals surface area contributed by atoms with Gasteiger partial charge in [0.1, 0.15) is 5.82 Å². The van der Waals surface area contributed by atoms with E-state index >= 15 is 0 Å². The van der Waals surface area contributed by atoms with E-state index in [1.54, 1.807) is 6.20 Å². The first-order valence-corrected chi connectivity index (χ1v) is 9.97. The fourth-order valence-electron chi connectivity index (χ4n) is 3.44. The lowest BCUT2D eigenvalue weighted by Crippen LogP contribution is -2.49. The van der Waals surface area contributed by atoms with Crippen LogP contribution in [0.15, 0.2) is 53.1 Å². The molecule has 7 heteroatoms. The number of hydrogen-bond acceptors (Lipinski definition) is 6. The van der Waals surface area contributed by atoms with Crippen LogP contribution in [0.5, 0.6) is 0 Å². The van der Waals surface area contributed by atoms with Gasteiger partial charge in [0, 0.05) is 38.3 Å². The Hall–Kier alpha value is -3.22. The smallest absolute Gasteiger partial charge is 0.251 e. The minimum absolute atomic E-state index is 0.163. The summed E-state index contributed by atoms with van der Waals surface area (Å²) in [6.45, 7) is 6.82. The predicted octanol–water partition coefficient (Wildman–Crippen LogP) is 3.15. The summed E-state index contributed by atoms with van der Waals surface area (Å²) in [5.41, 5.74) is 1.88. The monoisotopic (exact) mass is 391 g/mol. The number of benzene rings is 1. The molecule has 2 aromatic heterocycles. The van der Waals surface area contributed by atoms with Crippen LogP contribution in [0.4, 0.5) is 5.82 Å². The Morgan fingerprint density at radius 2 is 1.79 bits per heavy atom. The van der Waals surface area contributed by atoms with E-state index in [0.717, 1.165) is 30.0 Å². The van der Waals surface area contributed by atoms with Crippen molar-refractivity contribution in [2.75, 3.05) is 31.1 Å². The predicted molar refractivity (Wildman–Crippen MR) is 111 cm³/mol. The van der Waals surface area contributed by atoms with Crippen LogP contribution in [0.1, 0.15) is 31.2 Å². The zero-order valence-electron chi connectivity index (χ0n) is 16.8. The first-order chi connectivity index (χ1) is 14.1. The normalized spacial score (nSPS) is 14.4. The van der Waals surface area contributed by atoms with Crippen molar-refractivity contribution in [1.82, 2.24) is 20.1 Å². The topological polar surface area (TPSA) is 75.4 Å². The highest BCUT2D eigenvalue weighted by Gasteiger charge is 2.25. The highest BCUT2D eigenvalue weighted by atomic mass is 16.4. The van der Waals surface area contributed by atoms with E-state index in [1.165, 1.54) is 0 Å². The van der Waals surface area contributed by atoms with Crippen LogP contribution in [-0.4, -0.2) is 52.2 Å². The van der Waals surface area contributed by atoms with E-state index in [4.69, 9.17) is 4.42 Å². The molecule has 1 fully saturated rings. The van der Waals surface area contributed by atoms with Gasteiger partial charge in [-0.2, -0.15) is 0 Å². The molecule has 0 N–H and O–H groups in total. The highest BCUT2D eigenvalue weighted by Crippen LogP contribution is 2.29. The molecule has 3 aromatic rings. The molecule has 4 rings (SSSR count). The fourth-order valence-corrected chi connectivity index (χ4v) is 3.44. The average molecular weight is 391 g/mol. The maximum atomic E-state index is 12.6. The Morgan fingerprint density at radius 3 is 2.48 bits per heavy atom. The third-order valence-corrected chi connectivity index (χ3v) is 5.08. The Bertz CT molecular complexity index is 962. The van der Waals surface area contributed by atoms with Crippen molar-refractivity contribution in [1.29, 1.82) is 0 Å². The molecule has 1 amide bonds. The summed E-state index contributed by atoms with van der Waals surface area (Å²) in [4.78, 5) is 21.3. The maximum absolute atomic E-state index is 12.6. The summed E-state index contributed by atoms with van der Waals surface area (Å²) in [5, 5.41) is 8.34. The van der Waals surface area contributed by atoms with Gasteiger partial charge in [0.15, 0.2) is 0 Å². The van der Waals surface area contributed by atoms with E-state index in [9.17, 15) is 4.79 Å². The molecule has 3 heterocycles. The van der Waals surface area contributed by atoms with Crippen molar-refractivity contribution >= 4 is 11.7 Å². The molecule has 0 aliphatic carbocycles. The molecule has 1 aromatic carbocycles. The van der Waals surface area contributed by atoms with Gasteiger partial charge < -0.3 is 14.2 Å². The number of piperazine rings is 1. The molecular formula is C22H25N5O2. The van der Waals surface area contributed by atoms with Crippen LogP contribution >= 0.6 is 0 Å². The summed E-state index contributed by atoms with van der Waals surface area (Å²) < 4.78 is 5.83. The van der Waals surface area contributed by atoms with Crippen LogP contribution in [-0.2, 0) is 11.2 Å². The minimum atomic E-state index is 0.163. The first kappa shape index (κ1) is 19.1. The van der Waals surface area contributed by atoms with E-state index < -0.39 is 0 Å². The third-order valence-electron chi connectivity index (χ3n) is 5.08. The number of carbonyl (C=O) groups excluding carboxylic acids is 1. The van der Waals surface area contributed by atoms with Gasteiger partial charge in [-0.1, -0.05) is 44.2 Å². The zero-order valence-corrected chi connectivity index (χ0v) is 16.8. The average Bonchev–Trinajstić information content (AvgIpc) is 3.25. The Labute approximate surface area is 170 Å². The van der Waals surface area contributed by atoms with Crippen molar-refractivity contribution in [3.05, 3.63) is 60.1 Å². The van der Waals surface area contributed by atoms with Crippen LogP contribution in [0.3, 0.4) is 0 Å². The summed E-state index contributed by atoms with van der Waals surface area (Å²) in [6.07, 6.45) is 2.21. The lowest BCUT2D eigenvalue weighted by Gasteiger charge is -2.36. The van der Waals surface area contributed by atoms with Crippen molar-refractivity contribution in [3.63, 3.8) is 0 Å². The SMILES string of the molecule is CC(C)c1nnc(-c2cccnc2N2CCN(C(=O)Cc3ccccc3)CC2)o1. The zero-order chi connectivity index (χ0) is 20.2. The molecule has 0 spiro atoms. The highest BCUT2D eigenvalue weighted by molar-refractivity contribution is 5.79. The van der Waals surface area contributed by atoms with Crippen LogP contribution in [0.2, 0.25) is 0 Å². The summed E-state index contributed by atoms with van der Waals surface area (Å²) in [5.74, 6) is 2.26. The van der Waals surface area contributed by atoms with Gasteiger partial charge in [-0.05, 0) is 17.7 Å². The molecule has 7 nitrogen and oxygen atoms in total. The van der Waals surface area contributed by atoms with Crippen LogP contribution in [0, 0.1) is 0 Å². The third kappa shape index (κ3) is 4.29. The van der Waals surface area contributed by atoms with Crippen LogP contribution in [0.25, 0.3) is 11.5 Å². The quantitative estimate of drug-likeness (QED) is 0.665. The van der Waals surface area contributed by atoms with Crippen molar-refractivity contribution in [3.8, 4) is 11.5 Å².